The number of thiophene rings is 1. The minimum absolute atomic E-state index is 0.0193. The second kappa shape index (κ2) is 8.60. The first kappa shape index (κ1) is 18.1. The van der Waals surface area contributed by atoms with Crippen molar-refractivity contribution < 1.29 is 4.79 Å². The van der Waals surface area contributed by atoms with E-state index in [0.29, 0.717) is 5.92 Å². The van der Waals surface area contributed by atoms with Crippen LogP contribution in [0.3, 0.4) is 0 Å². The van der Waals surface area contributed by atoms with Crippen LogP contribution in [0.15, 0.2) is 29.9 Å². The molecule has 2 aromatic rings. The van der Waals surface area contributed by atoms with Crippen molar-refractivity contribution in [1.29, 1.82) is 0 Å². The third-order valence-corrected chi connectivity index (χ3v) is 5.60. The predicted molar refractivity (Wildman–Crippen MR) is 100 cm³/mol. The molecule has 0 aliphatic carbocycles. The van der Waals surface area contributed by atoms with Gasteiger partial charge in [0.15, 0.2) is 0 Å². The highest BCUT2D eigenvalue weighted by Gasteiger charge is 2.24. The Balaban J connectivity index is 1.49. The van der Waals surface area contributed by atoms with Gasteiger partial charge in [-0.2, -0.15) is 5.10 Å². The topological polar surface area (TPSA) is 62.2 Å². The summed E-state index contributed by atoms with van der Waals surface area (Å²) >= 11 is 1.81. The predicted octanol–water partition coefficient (Wildman–Crippen LogP) is 1.77. The molecule has 1 aliphatic heterocycles. The van der Waals surface area contributed by atoms with Crippen molar-refractivity contribution in [3.8, 4) is 0 Å². The first-order chi connectivity index (χ1) is 12.2. The summed E-state index contributed by atoms with van der Waals surface area (Å²) in [6.45, 7) is 3.96. The zero-order valence-electron chi connectivity index (χ0n) is 14.9. The number of aromatic nitrogens is 2. The molecule has 136 valence electrons. The highest BCUT2D eigenvalue weighted by molar-refractivity contribution is 7.09. The van der Waals surface area contributed by atoms with Gasteiger partial charge in [0.05, 0.1) is 6.20 Å². The Morgan fingerprint density at radius 1 is 1.52 bits per heavy atom. The van der Waals surface area contributed by atoms with Gasteiger partial charge >= 0.3 is 0 Å². The van der Waals surface area contributed by atoms with Crippen LogP contribution in [-0.2, 0) is 18.4 Å². The number of nitrogens with zero attached hydrogens (tertiary/aromatic N) is 3. The zero-order chi connectivity index (χ0) is 17.6. The second-order valence-electron chi connectivity index (χ2n) is 6.74. The lowest BCUT2D eigenvalue weighted by Crippen LogP contribution is -2.43. The third kappa shape index (κ3) is 4.90. The first-order valence-electron chi connectivity index (χ1n) is 8.84. The lowest BCUT2D eigenvalue weighted by atomic mass is 9.97. The molecule has 0 radical (unpaired) electrons. The molecule has 0 bridgehead atoms. The number of hydrogen-bond acceptors (Lipinski definition) is 5. The summed E-state index contributed by atoms with van der Waals surface area (Å²) < 4.78 is 1.72. The zero-order valence-corrected chi connectivity index (χ0v) is 15.8. The number of nitrogens with one attached hydrogen (secondary N) is 2. The maximum atomic E-state index is 12.5. The van der Waals surface area contributed by atoms with E-state index in [2.05, 4.69) is 38.1 Å². The Kier molecular flexibility index (Phi) is 6.23. The number of likely N-dealkylation sites (N-methyl/N-ethyl adjacent to an activating group) is 1. The SMILES string of the molecule is CNC(C(=O)NCC1CCCN(Cc2cccs2)C1)c1cnn(C)c1. The van der Waals surface area contributed by atoms with E-state index in [4.69, 9.17) is 0 Å². The smallest absolute Gasteiger partial charge is 0.241 e. The Bertz CT molecular complexity index is 669. The number of piperidine rings is 1. The number of likely N-dealkylation sites (tertiary alicyclic amines) is 1. The molecule has 2 aromatic heterocycles. The Labute approximate surface area is 153 Å². The van der Waals surface area contributed by atoms with Crippen molar-refractivity contribution in [2.24, 2.45) is 13.0 Å². The van der Waals surface area contributed by atoms with Gasteiger partial charge in [-0.3, -0.25) is 14.4 Å². The van der Waals surface area contributed by atoms with Gasteiger partial charge in [0, 0.05) is 43.3 Å². The van der Waals surface area contributed by atoms with Gasteiger partial charge in [-0.25, -0.2) is 0 Å². The van der Waals surface area contributed by atoms with Crippen molar-refractivity contribution >= 4 is 17.2 Å². The lowest BCUT2D eigenvalue weighted by molar-refractivity contribution is -0.123. The fourth-order valence-electron chi connectivity index (χ4n) is 3.47. The number of hydrogen-bond donors (Lipinski definition) is 2. The Morgan fingerprint density at radius 3 is 3.08 bits per heavy atom. The molecule has 1 saturated heterocycles. The van der Waals surface area contributed by atoms with E-state index < -0.39 is 0 Å². The summed E-state index contributed by atoms with van der Waals surface area (Å²) in [4.78, 5) is 16.5. The number of carbonyl (C=O) groups is 1. The standard InChI is InChI=1S/C18H27N5OS/c1-19-17(15-10-21-22(2)12-15)18(24)20-9-14-5-3-7-23(11-14)13-16-6-4-8-25-16/h4,6,8,10,12,14,17,19H,3,5,7,9,11,13H2,1-2H3,(H,20,24). The van der Waals surface area contributed by atoms with Crippen LogP contribution >= 0.6 is 11.3 Å². The molecular formula is C18H27N5OS. The minimum atomic E-state index is -0.348. The van der Waals surface area contributed by atoms with Gasteiger partial charge in [-0.15, -0.1) is 11.3 Å². The van der Waals surface area contributed by atoms with E-state index in [0.717, 1.165) is 31.7 Å². The van der Waals surface area contributed by atoms with Crippen LogP contribution in [0.25, 0.3) is 0 Å². The van der Waals surface area contributed by atoms with Crippen molar-refractivity contribution in [2.45, 2.75) is 25.4 Å². The summed E-state index contributed by atoms with van der Waals surface area (Å²) in [6, 6.07) is 3.96. The molecule has 2 atom stereocenters. The van der Waals surface area contributed by atoms with E-state index in [1.165, 1.54) is 17.7 Å². The summed E-state index contributed by atoms with van der Waals surface area (Å²) in [5.74, 6) is 0.537. The number of carbonyl (C=O) groups excluding carboxylic acids is 1. The molecule has 1 fully saturated rings. The van der Waals surface area contributed by atoms with E-state index >= 15 is 0 Å². The number of rotatable bonds is 7. The highest BCUT2D eigenvalue weighted by atomic mass is 32.1. The Hall–Kier alpha value is -1.70. The van der Waals surface area contributed by atoms with Crippen molar-refractivity contribution in [3.05, 3.63) is 40.3 Å². The maximum absolute atomic E-state index is 12.5. The molecule has 0 spiro atoms. The average Bonchev–Trinajstić information content (AvgIpc) is 3.26. The van der Waals surface area contributed by atoms with Gasteiger partial charge < -0.3 is 10.6 Å². The summed E-state index contributed by atoms with van der Waals surface area (Å²) in [5.41, 5.74) is 0.894. The molecule has 1 aliphatic rings. The molecule has 0 aromatic carbocycles. The second-order valence-corrected chi connectivity index (χ2v) is 7.77. The fourth-order valence-corrected chi connectivity index (χ4v) is 4.22. The molecule has 7 heteroatoms. The van der Waals surface area contributed by atoms with E-state index in [1.54, 1.807) is 17.9 Å². The molecular weight excluding hydrogens is 334 g/mol. The van der Waals surface area contributed by atoms with Gasteiger partial charge in [0.1, 0.15) is 6.04 Å². The molecule has 3 rings (SSSR count). The molecule has 2 unspecified atom stereocenters. The highest BCUT2D eigenvalue weighted by Crippen LogP contribution is 2.20. The monoisotopic (exact) mass is 361 g/mol. The van der Waals surface area contributed by atoms with Crippen LogP contribution in [-0.4, -0.2) is 47.3 Å². The van der Waals surface area contributed by atoms with E-state index in [1.807, 2.05) is 24.6 Å². The van der Waals surface area contributed by atoms with Gasteiger partial charge in [0.2, 0.25) is 5.91 Å². The van der Waals surface area contributed by atoms with Crippen molar-refractivity contribution in [3.63, 3.8) is 0 Å². The van der Waals surface area contributed by atoms with Crippen LogP contribution < -0.4 is 10.6 Å². The molecule has 2 N–H and O–H groups in total. The minimum Gasteiger partial charge on any atom is -0.354 e. The number of aryl methyl sites for hydroxylation is 1. The van der Waals surface area contributed by atoms with Crippen molar-refractivity contribution in [1.82, 2.24) is 25.3 Å². The lowest BCUT2D eigenvalue weighted by Gasteiger charge is -2.32. The molecule has 0 saturated carbocycles. The van der Waals surface area contributed by atoms with Gasteiger partial charge in [-0.05, 0) is 43.8 Å². The van der Waals surface area contributed by atoms with E-state index in [-0.39, 0.29) is 11.9 Å². The number of amides is 1. The third-order valence-electron chi connectivity index (χ3n) is 4.74. The van der Waals surface area contributed by atoms with Gasteiger partial charge in [-0.1, -0.05) is 6.07 Å². The van der Waals surface area contributed by atoms with Crippen LogP contribution in [0.4, 0.5) is 0 Å². The van der Waals surface area contributed by atoms with Crippen LogP contribution in [0, 0.1) is 5.92 Å². The van der Waals surface area contributed by atoms with Gasteiger partial charge in [0.25, 0.3) is 0 Å². The van der Waals surface area contributed by atoms with Crippen LogP contribution in [0.1, 0.15) is 29.3 Å². The maximum Gasteiger partial charge on any atom is 0.241 e. The molecule has 3 heterocycles. The van der Waals surface area contributed by atoms with Crippen molar-refractivity contribution in [2.75, 3.05) is 26.7 Å². The quantitative estimate of drug-likeness (QED) is 0.789. The molecule has 6 nitrogen and oxygen atoms in total. The summed E-state index contributed by atoms with van der Waals surface area (Å²) in [5, 5.41) is 12.5. The molecule has 25 heavy (non-hydrogen) atoms. The molecule has 1 amide bonds. The Morgan fingerprint density at radius 2 is 2.40 bits per heavy atom. The first-order valence-corrected chi connectivity index (χ1v) is 9.72. The average molecular weight is 362 g/mol. The van der Waals surface area contributed by atoms with Crippen LogP contribution in [0.2, 0.25) is 0 Å². The normalized spacial score (nSPS) is 19.7. The summed E-state index contributed by atoms with van der Waals surface area (Å²) in [7, 11) is 3.67. The fraction of sp³-hybridized carbons (Fsp3) is 0.556. The van der Waals surface area contributed by atoms with Crippen LogP contribution in [0.5, 0.6) is 0 Å². The largest absolute Gasteiger partial charge is 0.354 e. The summed E-state index contributed by atoms with van der Waals surface area (Å²) in [6.07, 6.45) is 6.00. The van der Waals surface area contributed by atoms with E-state index in [9.17, 15) is 4.79 Å².